The molecule has 4 unspecified atom stereocenters. The number of fused-ring (bicyclic) bond motifs is 2. The third-order valence-electron chi connectivity index (χ3n) is 10.7. The van der Waals surface area contributed by atoms with Crippen molar-refractivity contribution in [1.82, 2.24) is 29.3 Å². The minimum Gasteiger partial charge on any atom is -0.340 e. The number of aromatic nitrogens is 4. The summed E-state index contributed by atoms with van der Waals surface area (Å²) >= 11 is 0. The molecule has 0 bridgehead atoms. The lowest BCUT2D eigenvalue weighted by atomic mass is 9.99. The standard InChI is InChI=1S/C39H48N8O2/c1-22(2)34(40)38(48)46-16-6-8-32(46)36-42-21-30(43-36)28-13-12-24-18-25(10-11-26(24)19-28)27-14-15-31-29(20-27)44-37(45(31)5)33-9-7-17-47(33)39(49)35(41)23(3)4/h10-15,18-23,32-35H,6-9,16-17,40-41H2,1-5H3,(H,42,43). The quantitative estimate of drug-likeness (QED) is 0.185. The number of aromatic amines is 1. The molecule has 5 aromatic rings. The number of hydrogen-bond donors (Lipinski definition) is 3. The molecule has 2 amide bonds. The Balaban J connectivity index is 1.12. The fourth-order valence-corrected chi connectivity index (χ4v) is 7.51. The van der Waals surface area contributed by atoms with Gasteiger partial charge in [0.15, 0.2) is 0 Å². The second kappa shape index (κ2) is 13.1. The maximum absolute atomic E-state index is 13.2. The Kier molecular flexibility index (Phi) is 8.79. The molecule has 5 N–H and O–H groups in total. The summed E-state index contributed by atoms with van der Waals surface area (Å²) in [6.45, 7) is 9.37. The van der Waals surface area contributed by atoms with Crippen molar-refractivity contribution >= 4 is 33.6 Å². The number of carbonyl (C=O) groups is 2. The van der Waals surface area contributed by atoms with Gasteiger partial charge in [-0.1, -0.05) is 58.0 Å². The van der Waals surface area contributed by atoms with Crippen LogP contribution in [0.4, 0.5) is 0 Å². The van der Waals surface area contributed by atoms with E-state index in [4.69, 9.17) is 21.4 Å². The summed E-state index contributed by atoms with van der Waals surface area (Å²) in [4.78, 5) is 43.4. The number of nitrogens with two attached hydrogens (primary N) is 2. The van der Waals surface area contributed by atoms with Crippen LogP contribution in [0.1, 0.15) is 77.1 Å². The Morgan fingerprint density at radius 3 is 1.98 bits per heavy atom. The van der Waals surface area contributed by atoms with E-state index in [2.05, 4.69) is 64.1 Å². The lowest BCUT2D eigenvalue weighted by molar-refractivity contribution is -0.135. The number of aryl methyl sites for hydroxylation is 1. The van der Waals surface area contributed by atoms with Crippen LogP contribution < -0.4 is 11.5 Å². The van der Waals surface area contributed by atoms with Gasteiger partial charge in [-0.15, -0.1) is 0 Å². The van der Waals surface area contributed by atoms with Crippen molar-refractivity contribution in [2.24, 2.45) is 30.4 Å². The van der Waals surface area contributed by atoms with Crippen LogP contribution in [0, 0.1) is 11.8 Å². The molecule has 0 aliphatic carbocycles. The van der Waals surface area contributed by atoms with Crippen LogP contribution in [0.15, 0.2) is 60.8 Å². The number of benzene rings is 3. The van der Waals surface area contributed by atoms with Gasteiger partial charge in [-0.05, 0) is 83.7 Å². The Morgan fingerprint density at radius 2 is 1.33 bits per heavy atom. The average Bonchev–Trinajstić information content (AvgIpc) is 3.92. The Bertz CT molecular complexity index is 2030. The van der Waals surface area contributed by atoms with Crippen molar-refractivity contribution in [3.8, 4) is 22.4 Å². The Morgan fingerprint density at radius 1 is 0.776 bits per heavy atom. The number of likely N-dealkylation sites (tertiary alicyclic amines) is 2. The molecule has 0 radical (unpaired) electrons. The third kappa shape index (κ3) is 6.01. The Hall–Kier alpha value is -4.54. The number of nitrogens with one attached hydrogen (secondary N) is 1. The van der Waals surface area contributed by atoms with Gasteiger partial charge in [0.05, 0.1) is 47.1 Å². The van der Waals surface area contributed by atoms with Crippen LogP contribution in [-0.2, 0) is 16.6 Å². The summed E-state index contributed by atoms with van der Waals surface area (Å²) < 4.78 is 2.13. The van der Waals surface area contributed by atoms with Crippen LogP contribution in [0.25, 0.3) is 44.2 Å². The van der Waals surface area contributed by atoms with Gasteiger partial charge < -0.3 is 30.8 Å². The van der Waals surface area contributed by atoms with Gasteiger partial charge in [-0.2, -0.15) is 0 Å². The zero-order valence-corrected chi connectivity index (χ0v) is 29.2. The molecule has 0 spiro atoms. The average molecular weight is 661 g/mol. The maximum atomic E-state index is 13.2. The van der Waals surface area contributed by atoms with Gasteiger partial charge in [0.1, 0.15) is 11.6 Å². The minimum absolute atomic E-state index is 0.00107. The first kappa shape index (κ1) is 33.0. The molecule has 2 aliphatic heterocycles. The van der Waals surface area contributed by atoms with Crippen molar-refractivity contribution in [1.29, 1.82) is 0 Å². The van der Waals surface area contributed by atoms with Gasteiger partial charge in [0.2, 0.25) is 11.8 Å². The number of hydrogen-bond acceptors (Lipinski definition) is 6. The van der Waals surface area contributed by atoms with Crippen molar-refractivity contribution in [2.75, 3.05) is 13.1 Å². The largest absolute Gasteiger partial charge is 0.340 e. The number of nitrogens with zero attached hydrogens (tertiary/aromatic N) is 5. The zero-order valence-electron chi connectivity index (χ0n) is 29.2. The van der Waals surface area contributed by atoms with Crippen LogP contribution in [0.2, 0.25) is 0 Å². The van der Waals surface area contributed by atoms with E-state index < -0.39 is 12.1 Å². The molecule has 3 aromatic carbocycles. The van der Waals surface area contributed by atoms with Crippen molar-refractivity contribution in [3.63, 3.8) is 0 Å². The number of carbonyl (C=O) groups excluding carboxylic acids is 2. The highest BCUT2D eigenvalue weighted by atomic mass is 16.2. The summed E-state index contributed by atoms with van der Waals surface area (Å²) in [7, 11) is 2.04. The monoisotopic (exact) mass is 660 g/mol. The van der Waals surface area contributed by atoms with E-state index in [1.54, 1.807) is 0 Å². The minimum atomic E-state index is -0.503. The van der Waals surface area contributed by atoms with Gasteiger partial charge >= 0.3 is 0 Å². The number of imidazole rings is 2. The maximum Gasteiger partial charge on any atom is 0.240 e. The lowest BCUT2D eigenvalue weighted by Crippen LogP contribution is -2.46. The van der Waals surface area contributed by atoms with Crippen LogP contribution in [0.5, 0.6) is 0 Å². The molecule has 0 saturated carbocycles. The van der Waals surface area contributed by atoms with Gasteiger partial charge in [-0.3, -0.25) is 9.59 Å². The smallest absolute Gasteiger partial charge is 0.240 e. The molecule has 10 nitrogen and oxygen atoms in total. The summed E-state index contributed by atoms with van der Waals surface area (Å²) in [5.41, 5.74) is 18.6. The van der Waals surface area contributed by atoms with E-state index in [1.807, 2.05) is 50.7 Å². The van der Waals surface area contributed by atoms with Gasteiger partial charge in [0.25, 0.3) is 0 Å². The van der Waals surface area contributed by atoms with E-state index in [9.17, 15) is 9.59 Å². The molecule has 4 atom stereocenters. The van der Waals surface area contributed by atoms with E-state index in [0.717, 1.165) is 81.5 Å². The number of H-pyrrole nitrogens is 1. The van der Waals surface area contributed by atoms with E-state index in [1.165, 1.54) is 0 Å². The molecule has 2 aliphatic rings. The van der Waals surface area contributed by atoms with Gasteiger partial charge in [-0.25, -0.2) is 9.97 Å². The van der Waals surface area contributed by atoms with Crippen molar-refractivity contribution in [2.45, 2.75) is 77.5 Å². The molecule has 2 fully saturated rings. The molecule has 2 aromatic heterocycles. The molecule has 7 rings (SSSR count). The molecular weight excluding hydrogens is 612 g/mol. The molecule has 49 heavy (non-hydrogen) atoms. The molecule has 256 valence electrons. The molecular formula is C39H48N8O2. The van der Waals surface area contributed by atoms with E-state index in [-0.39, 0.29) is 35.7 Å². The summed E-state index contributed by atoms with van der Waals surface area (Å²) in [6, 6.07) is 18.2. The predicted octanol–water partition coefficient (Wildman–Crippen LogP) is 6.08. The molecule has 2 saturated heterocycles. The van der Waals surface area contributed by atoms with Crippen molar-refractivity contribution < 1.29 is 9.59 Å². The third-order valence-corrected chi connectivity index (χ3v) is 10.7. The van der Waals surface area contributed by atoms with Crippen molar-refractivity contribution in [3.05, 3.63) is 72.4 Å². The van der Waals surface area contributed by atoms with Crippen LogP contribution in [-0.4, -0.2) is 66.3 Å². The first-order chi connectivity index (χ1) is 23.5. The van der Waals surface area contributed by atoms with E-state index >= 15 is 0 Å². The van der Waals surface area contributed by atoms with E-state index in [0.29, 0.717) is 13.1 Å². The highest BCUT2D eigenvalue weighted by molar-refractivity contribution is 5.92. The fraction of sp³-hybridized carbons (Fsp3) is 0.436. The summed E-state index contributed by atoms with van der Waals surface area (Å²) in [5, 5.41) is 2.27. The van der Waals surface area contributed by atoms with Crippen LogP contribution in [0.3, 0.4) is 0 Å². The summed E-state index contributed by atoms with van der Waals surface area (Å²) in [5.74, 6) is 1.91. The van der Waals surface area contributed by atoms with Gasteiger partial charge in [0, 0.05) is 25.7 Å². The number of rotatable bonds is 8. The molecule has 10 heteroatoms. The fourth-order valence-electron chi connectivity index (χ4n) is 7.51. The first-order valence-electron chi connectivity index (χ1n) is 17.7. The predicted molar refractivity (Wildman–Crippen MR) is 194 cm³/mol. The topological polar surface area (TPSA) is 139 Å². The second-order valence-electron chi connectivity index (χ2n) is 14.6. The highest BCUT2D eigenvalue weighted by Gasteiger charge is 2.37. The Labute approximate surface area is 287 Å². The number of amides is 2. The second-order valence-corrected chi connectivity index (χ2v) is 14.6. The normalized spacial score (nSPS) is 19.5. The molecule has 4 heterocycles. The lowest BCUT2D eigenvalue weighted by Gasteiger charge is -2.28. The zero-order chi connectivity index (χ0) is 34.6. The first-order valence-corrected chi connectivity index (χ1v) is 17.7. The van der Waals surface area contributed by atoms with Crippen LogP contribution >= 0.6 is 0 Å². The SMILES string of the molecule is CC(C)C(N)C(=O)N1CCCC1c1ncc(-c2ccc3cc(-c4ccc5c(c4)nc(C4CCCN4C(=O)C(N)C(C)C)n5C)ccc3c2)[nH]1. The highest BCUT2D eigenvalue weighted by Crippen LogP contribution is 2.36. The summed E-state index contributed by atoms with van der Waals surface area (Å²) in [6.07, 6.45) is 5.52.